The zero-order valence-electron chi connectivity index (χ0n) is 11.6. The van der Waals surface area contributed by atoms with Crippen LogP contribution in [0.3, 0.4) is 0 Å². The molecule has 5 heteroatoms. The van der Waals surface area contributed by atoms with Crippen molar-refractivity contribution in [2.45, 2.75) is 33.7 Å². The minimum Gasteiger partial charge on any atom is -0.377 e. The molecule has 1 unspecified atom stereocenters. The number of nitrogens with zero attached hydrogens (tertiary/aromatic N) is 2. The van der Waals surface area contributed by atoms with Crippen molar-refractivity contribution in [2.24, 2.45) is 0 Å². The van der Waals surface area contributed by atoms with Gasteiger partial charge in [-0.2, -0.15) is 0 Å². The minimum atomic E-state index is -0.125. The molecule has 1 atom stereocenters. The number of aromatic nitrogens is 3. The predicted molar refractivity (Wildman–Crippen MR) is 75.3 cm³/mol. The summed E-state index contributed by atoms with van der Waals surface area (Å²) in [6.45, 7) is 7.58. The van der Waals surface area contributed by atoms with E-state index in [9.17, 15) is 4.79 Å². The molecule has 2 aromatic heterocycles. The Morgan fingerprint density at radius 1 is 1.32 bits per heavy atom. The highest BCUT2D eigenvalue weighted by Gasteiger charge is 2.15. The van der Waals surface area contributed by atoms with Gasteiger partial charge in [0, 0.05) is 6.20 Å². The molecule has 19 heavy (non-hydrogen) atoms. The summed E-state index contributed by atoms with van der Waals surface area (Å²) in [7, 11) is 0. The van der Waals surface area contributed by atoms with Crippen molar-refractivity contribution in [1.82, 2.24) is 15.0 Å². The lowest BCUT2D eigenvalue weighted by molar-refractivity contribution is 0.812. The molecule has 0 spiro atoms. The molecular weight excluding hydrogens is 240 g/mol. The number of H-pyrrole nitrogens is 1. The summed E-state index contributed by atoms with van der Waals surface area (Å²) >= 11 is 0. The summed E-state index contributed by atoms with van der Waals surface area (Å²) in [5, 5.41) is 3.31. The molecule has 0 bridgehead atoms. The lowest BCUT2D eigenvalue weighted by atomic mass is 10.1. The lowest BCUT2D eigenvalue weighted by Crippen LogP contribution is -2.23. The van der Waals surface area contributed by atoms with Crippen LogP contribution < -0.4 is 10.9 Å². The van der Waals surface area contributed by atoms with Gasteiger partial charge in [-0.1, -0.05) is 0 Å². The molecule has 0 aliphatic heterocycles. The third-order valence-corrected chi connectivity index (χ3v) is 3.11. The Hall–Kier alpha value is -2.17. The first-order valence-corrected chi connectivity index (χ1v) is 6.23. The van der Waals surface area contributed by atoms with Crippen LogP contribution in [0.4, 0.5) is 5.69 Å². The Labute approximate surface area is 112 Å². The monoisotopic (exact) mass is 258 g/mol. The summed E-state index contributed by atoms with van der Waals surface area (Å²) < 4.78 is 0. The first-order chi connectivity index (χ1) is 8.99. The van der Waals surface area contributed by atoms with E-state index in [-0.39, 0.29) is 11.6 Å². The van der Waals surface area contributed by atoms with Crippen LogP contribution in [0.15, 0.2) is 23.3 Å². The number of pyridine rings is 1. The highest BCUT2D eigenvalue weighted by molar-refractivity contribution is 5.49. The largest absolute Gasteiger partial charge is 0.377 e. The molecule has 0 radical (unpaired) electrons. The van der Waals surface area contributed by atoms with Crippen LogP contribution >= 0.6 is 0 Å². The van der Waals surface area contributed by atoms with Gasteiger partial charge < -0.3 is 10.3 Å². The third-order valence-electron chi connectivity index (χ3n) is 3.11. The van der Waals surface area contributed by atoms with E-state index in [2.05, 4.69) is 20.3 Å². The van der Waals surface area contributed by atoms with Crippen LogP contribution in [0.5, 0.6) is 0 Å². The van der Waals surface area contributed by atoms with Gasteiger partial charge in [0.05, 0.1) is 29.2 Å². The van der Waals surface area contributed by atoms with E-state index in [4.69, 9.17) is 0 Å². The quantitative estimate of drug-likeness (QED) is 0.886. The Kier molecular flexibility index (Phi) is 3.64. The van der Waals surface area contributed by atoms with Crippen molar-refractivity contribution in [3.05, 3.63) is 51.5 Å². The number of hydrogen-bond acceptors (Lipinski definition) is 4. The molecule has 0 amide bonds. The summed E-state index contributed by atoms with van der Waals surface area (Å²) in [6.07, 6.45) is 3.51. The van der Waals surface area contributed by atoms with Crippen molar-refractivity contribution >= 4 is 5.69 Å². The minimum absolute atomic E-state index is 0.0912. The number of aromatic amines is 1. The standard InChI is InChI=1S/C14H18N4O/c1-8-5-6-15-7-12(8)17-10(3)13-9(2)16-11(4)18-14(13)19/h5-7,10,17H,1-4H3,(H,16,18,19). The normalized spacial score (nSPS) is 12.2. The second-order valence-corrected chi connectivity index (χ2v) is 4.71. The Morgan fingerprint density at radius 3 is 2.68 bits per heavy atom. The molecule has 0 fully saturated rings. The first-order valence-electron chi connectivity index (χ1n) is 6.23. The van der Waals surface area contributed by atoms with Gasteiger partial charge in [0.15, 0.2) is 0 Å². The zero-order valence-corrected chi connectivity index (χ0v) is 11.6. The summed E-state index contributed by atoms with van der Waals surface area (Å²) in [6, 6.07) is 1.80. The smallest absolute Gasteiger partial charge is 0.256 e. The zero-order chi connectivity index (χ0) is 14.0. The second kappa shape index (κ2) is 5.22. The van der Waals surface area contributed by atoms with Gasteiger partial charge in [-0.15, -0.1) is 0 Å². The van der Waals surface area contributed by atoms with Crippen LogP contribution in [0.2, 0.25) is 0 Å². The fraction of sp³-hybridized carbons (Fsp3) is 0.357. The molecule has 2 aromatic rings. The Bertz CT molecular complexity index is 648. The maximum atomic E-state index is 12.0. The molecule has 2 rings (SSSR count). The van der Waals surface area contributed by atoms with E-state index in [0.717, 1.165) is 16.9 Å². The van der Waals surface area contributed by atoms with Crippen molar-refractivity contribution in [3.8, 4) is 0 Å². The van der Waals surface area contributed by atoms with E-state index in [1.807, 2.05) is 26.8 Å². The maximum Gasteiger partial charge on any atom is 0.256 e. The van der Waals surface area contributed by atoms with Crippen LogP contribution in [-0.4, -0.2) is 15.0 Å². The van der Waals surface area contributed by atoms with E-state index in [0.29, 0.717) is 11.4 Å². The van der Waals surface area contributed by atoms with Gasteiger partial charge in [0.25, 0.3) is 5.56 Å². The highest BCUT2D eigenvalue weighted by Crippen LogP contribution is 2.20. The molecule has 100 valence electrons. The maximum absolute atomic E-state index is 12.0. The molecule has 0 aliphatic carbocycles. The third kappa shape index (κ3) is 2.81. The summed E-state index contributed by atoms with van der Waals surface area (Å²) in [4.78, 5) is 23.2. The molecule has 0 aromatic carbocycles. The van der Waals surface area contributed by atoms with Gasteiger partial charge in [-0.05, 0) is 39.3 Å². The van der Waals surface area contributed by atoms with Gasteiger partial charge in [0.2, 0.25) is 0 Å². The van der Waals surface area contributed by atoms with E-state index >= 15 is 0 Å². The van der Waals surface area contributed by atoms with E-state index in [1.165, 1.54) is 0 Å². The molecule has 2 heterocycles. The predicted octanol–water partition coefficient (Wildman–Crippen LogP) is 2.26. The first kappa shape index (κ1) is 13.3. The van der Waals surface area contributed by atoms with E-state index < -0.39 is 0 Å². The number of hydrogen-bond donors (Lipinski definition) is 2. The Morgan fingerprint density at radius 2 is 2.05 bits per heavy atom. The topological polar surface area (TPSA) is 70.7 Å². The fourth-order valence-corrected chi connectivity index (χ4v) is 2.17. The summed E-state index contributed by atoms with van der Waals surface area (Å²) in [5.41, 5.74) is 3.34. The SMILES string of the molecule is Cc1nc(C)c(C(C)Nc2cnccc2C)c(=O)[nH]1. The number of aryl methyl sites for hydroxylation is 3. The van der Waals surface area contributed by atoms with Gasteiger partial charge in [0.1, 0.15) is 5.82 Å². The molecule has 0 aliphatic rings. The van der Waals surface area contributed by atoms with Crippen LogP contribution in [-0.2, 0) is 0 Å². The average Bonchev–Trinajstić information content (AvgIpc) is 2.30. The lowest BCUT2D eigenvalue weighted by Gasteiger charge is -2.17. The van der Waals surface area contributed by atoms with Crippen LogP contribution in [0.1, 0.15) is 35.6 Å². The molecular formula is C14H18N4O. The van der Waals surface area contributed by atoms with Gasteiger partial charge in [-0.3, -0.25) is 9.78 Å². The number of nitrogens with one attached hydrogen (secondary N) is 2. The van der Waals surface area contributed by atoms with Crippen molar-refractivity contribution in [2.75, 3.05) is 5.32 Å². The average molecular weight is 258 g/mol. The van der Waals surface area contributed by atoms with Crippen LogP contribution in [0.25, 0.3) is 0 Å². The summed E-state index contributed by atoms with van der Waals surface area (Å²) in [5.74, 6) is 0.635. The van der Waals surface area contributed by atoms with Crippen molar-refractivity contribution in [3.63, 3.8) is 0 Å². The highest BCUT2D eigenvalue weighted by atomic mass is 16.1. The van der Waals surface area contributed by atoms with Gasteiger partial charge >= 0.3 is 0 Å². The molecule has 0 saturated carbocycles. The number of anilines is 1. The Balaban J connectivity index is 2.33. The van der Waals surface area contributed by atoms with Crippen LogP contribution in [0, 0.1) is 20.8 Å². The second-order valence-electron chi connectivity index (χ2n) is 4.71. The molecule has 2 N–H and O–H groups in total. The van der Waals surface area contributed by atoms with E-state index in [1.54, 1.807) is 19.3 Å². The molecule has 0 saturated heterocycles. The fourth-order valence-electron chi connectivity index (χ4n) is 2.17. The van der Waals surface area contributed by atoms with Gasteiger partial charge in [-0.25, -0.2) is 4.98 Å². The van der Waals surface area contributed by atoms with Crippen molar-refractivity contribution < 1.29 is 0 Å². The number of rotatable bonds is 3. The molecule has 5 nitrogen and oxygen atoms in total. The van der Waals surface area contributed by atoms with Crippen molar-refractivity contribution in [1.29, 1.82) is 0 Å².